The second-order valence-corrected chi connectivity index (χ2v) is 5.40. The first kappa shape index (κ1) is 16.7. The number of nitrogens with zero attached hydrogens (tertiary/aromatic N) is 1. The number of rotatable bonds is 5. The van der Waals surface area contributed by atoms with Gasteiger partial charge < -0.3 is 18.9 Å². The fourth-order valence-electron chi connectivity index (χ4n) is 2.66. The van der Waals surface area contributed by atoms with Gasteiger partial charge >= 0.3 is 0 Å². The molecule has 3 rings (SSSR count). The summed E-state index contributed by atoms with van der Waals surface area (Å²) in [5.41, 5.74) is 0.936. The maximum absolute atomic E-state index is 12.9. The minimum Gasteiger partial charge on any atom is -0.497 e. The van der Waals surface area contributed by atoms with E-state index in [1.165, 1.54) is 7.11 Å². The molecule has 0 fully saturated rings. The highest BCUT2D eigenvalue weighted by Crippen LogP contribution is 2.41. The van der Waals surface area contributed by atoms with E-state index in [1.54, 1.807) is 43.5 Å². The van der Waals surface area contributed by atoms with E-state index in [-0.39, 0.29) is 5.78 Å². The number of benzene rings is 2. The van der Waals surface area contributed by atoms with Crippen molar-refractivity contribution < 1.29 is 23.7 Å². The van der Waals surface area contributed by atoms with Crippen LogP contribution in [0.2, 0.25) is 0 Å². The summed E-state index contributed by atoms with van der Waals surface area (Å²) in [4.78, 5) is 12.9. The number of ketones is 1. The number of hydrogen-bond acceptors (Lipinski definition) is 6. The standard InChI is InChI=1S/C19H17NO5/c1-22-14-5-3-12(4-6-14)15(11-20)18(21)13-9-16(23-2)19-17(10-13)24-7-8-25-19/h3-6,9-10,15H,7-8H2,1-2H3/t15-/m0/s1. The van der Waals surface area contributed by atoms with Crippen LogP contribution in [0.25, 0.3) is 0 Å². The SMILES string of the molecule is COc1ccc([C@H](C#N)C(=O)c2cc(OC)c3c(c2)OCCO3)cc1. The molecule has 2 aromatic carbocycles. The van der Waals surface area contributed by atoms with Crippen LogP contribution >= 0.6 is 0 Å². The van der Waals surface area contributed by atoms with Crippen LogP contribution in [0, 0.1) is 11.3 Å². The Morgan fingerprint density at radius 2 is 1.84 bits per heavy atom. The van der Waals surface area contributed by atoms with Crippen molar-refractivity contribution in [2.24, 2.45) is 0 Å². The molecule has 1 aliphatic rings. The van der Waals surface area contributed by atoms with Crippen LogP contribution in [0.4, 0.5) is 0 Å². The first-order chi connectivity index (χ1) is 12.2. The van der Waals surface area contributed by atoms with Crippen molar-refractivity contribution in [3.8, 4) is 29.1 Å². The Morgan fingerprint density at radius 3 is 2.48 bits per heavy atom. The molecule has 0 saturated heterocycles. The van der Waals surface area contributed by atoms with Gasteiger partial charge in [0.15, 0.2) is 17.3 Å². The molecule has 0 saturated carbocycles. The summed E-state index contributed by atoms with van der Waals surface area (Å²) in [6.07, 6.45) is 0. The van der Waals surface area contributed by atoms with Crippen LogP contribution < -0.4 is 18.9 Å². The molecule has 6 heteroatoms. The monoisotopic (exact) mass is 339 g/mol. The van der Waals surface area contributed by atoms with E-state index in [9.17, 15) is 10.1 Å². The number of methoxy groups -OCH3 is 2. The van der Waals surface area contributed by atoms with Crippen molar-refractivity contribution in [3.63, 3.8) is 0 Å². The van der Waals surface area contributed by atoms with E-state index in [0.717, 1.165) is 0 Å². The summed E-state index contributed by atoms with van der Waals surface area (Å²) >= 11 is 0. The van der Waals surface area contributed by atoms with Gasteiger partial charge in [0.05, 0.1) is 20.3 Å². The number of carbonyl (C=O) groups is 1. The third-order valence-electron chi connectivity index (χ3n) is 3.95. The van der Waals surface area contributed by atoms with Crippen LogP contribution in [-0.4, -0.2) is 33.2 Å². The van der Waals surface area contributed by atoms with E-state index in [4.69, 9.17) is 18.9 Å². The number of carbonyl (C=O) groups excluding carboxylic acids is 1. The van der Waals surface area contributed by atoms with Gasteiger partial charge in [-0.15, -0.1) is 0 Å². The van der Waals surface area contributed by atoms with Gasteiger partial charge in [0, 0.05) is 5.56 Å². The molecule has 2 aromatic rings. The summed E-state index contributed by atoms with van der Waals surface area (Å²) in [5, 5.41) is 9.51. The van der Waals surface area contributed by atoms with Crippen molar-refractivity contribution in [1.29, 1.82) is 5.26 Å². The van der Waals surface area contributed by atoms with E-state index < -0.39 is 5.92 Å². The predicted molar refractivity (Wildman–Crippen MR) is 89.7 cm³/mol. The zero-order valence-corrected chi connectivity index (χ0v) is 13.9. The third-order valence-corrected chi connectivity index (χ3v) is 3.95. The summed E-state index contributed by atoms with van der Waals surface area (Å²) in [7, 11) is 3.05. The van der Waals surface area contributed by atoms with Gasteiger partial charge in [0.1, 0.15) is 24.9 Å². The molecular formula is C19H17NO5. The van der Waals surface area contributed by atoms with Crippen molar-refractivity contribution in [1.82, 2.24) is 0 Å². The number of fused-ring (bicyclic) bond motifs is 1. The molecule has 0 radical (unpaired) electrons. The van der Waals surface area contributed by atoms with Crippen molar-refractivity contribution in [2.45, 2.75) is 5.92 Å². The predicted octanol–water partition coefficient (Wildman–Crippen LogP) is 2.97. The van der Waals surface area contributed by atoms with Crippen LogP contribution in [0.15, 0.2) is 36.4 Å². The van der Waals surface area contributed by atoms with Crippen LogP contribution in [0.3, 0.4) is 0 Å². The minimum atomic E-state index is -0.932. The zero-order chi connectivity index (χ0) is 17.8. The molecule has 1 heterocycles. The highest BCUT2D eigenvalue weighted by molar-refractivity contribution is 6.03. The quantitative estimate of drug-likeness (QED) is 0.780. The summed E-state index contributed by atoms with van der Waals surface area (Å²) in [6.45, 7) is 0.817. The van der Waals surface area contributed by atoms with Gasteiger partial charge in [-0.2, -0.15) is 5.26 Å². The molecule has 6 nitrogen and oxygen atoms in total. The molecule has 0 spiro atoms. The van der Waals surface area contributed by atoms with Crippen molar-refractivity contribution in [3.05, 3.63) is 47.5 Å². The molecular weight excluding hydrogens is 322 g/mol. The third kappa shape index (κ3) is 3.22. The lowest BCUT2D eigenvalue weighted by Gasteiger charge is -2.21. The highest BCUT2D eigenvalue weighted by atomic mass is 16.6. The summed E-state index contributed by atoms with van der Waals surface area (Å²) in [5.74, 6) is 0.727. The van der Waals surface area contributed by atoms with Gasteiger partial charge in [0.25, 0.3) is 0 Å². The van der Waals surface area contributed by atoms with E-state index in [0.29, 0.717) is 47.3 Å². The smallest absolute Gasteiger partial charge is 0.203 e. The van der Waals surface area contributed by atoms with Crippen molar-refractivity contribution in [2.75, 3.05) is 27.4 Å². The number of ether oxygens (including phenoxy) is 4. The second-order valence-electron chi connectivity index (χ2n) is 5.40. The maximum atomic E-state index is 12.9. The highest BCUT2D eigenvalue weighted by Gasteiger charge is 2.26. The Kier molecular flexibility index (Phi) is 4.75. The summed E-state index contributed by atoms with van der Waals surface area (Å²) in [6, 6.07) is 12.1. The normalized spacial score (nSPS) is 13.5. The minimum absolute atomic E-state index is 0.331. The summed E-state index contributed by atoms with van der Waals surface area (Å²) < 4.78 is 21.5. The molecule has 0 bridgehead atoms. The Hall–Kier alpha value is -3.20. The lowest BCUT2D eigenvalue weighted by Crippen LogP contribution is -2.18. The molecule has 0 N–H and O–H groups in total. The zero-order valence-electron chi connectivity index (χ0n) is 13.9. The molecule has 0 aromatic heterocycles. The number of nitriles is 1. The van der Waals surface area contributed by atoms with E-state index in [1.807, 2.05) is 0 Å². The molecule has 1 atom stereocenters. The molecule has 25 heavy (non-hydrogen) atoms. The molecule has 0 aliphatic carbocycles. The van der Waals surface area contributed by atoms with Crippen LogP contribution in [-0.2, 0) is 0 Å². The Balaban J connectivity index is 1.96. The largest absolute Gasteiger partial charge is 0.497 e. The van der Waals surface area contributed by atoms with E-state index in [2.05, 4.69) is 6.07 Å². The molecule has 1 aliphatic heterocycles. The maximum Gasteiger partial charge on any atom is 0.203 e. The lowest BCUT2D eigenvalue weighted by atomic mass is 9.91. The average molecular weight is 339 g/mol. The second kappa shape index (κ2) is 7.14. The first-order valence-corrected chi connectivity index (χ1v) is 7.73. The number of Topliss-reactive ketones (excluding diaryl/α,β-unsaturated/α-hetero) is 1. The first-order valence-electron chi connectivity index (χ1n) is 7.73. The van der Waals surface area contributed by atoms with Gasteiger partial charge in [-0.25, -0.2) is 0 Å². The van der Waals surface area contributed by atoms with Crippen LogP contribution in [0.5, 0.6) is 23.0 Å². The van der Waals surface area contributed by atoms with Gasteiger partial charge in [-0.1, -0.05) is 12.1 Å². The number of hydrogen-bond donors (Lipinski definition) is 0. The molecule has 0 amide bonds. The topological polar surface area (TPSA) is 77.8 Å². The Morgan fingerprint density at radius 1 is 1.12 bits per heavy atom. The average Bonchev–Trinajstić information content (AvgIpc) is 2.68. The fourth-order valence-corrected chi connectivity index (χ4v) is 2.66. The van der Waals surface area contributed by atoms with Crippen molar-refractivity contribution >= 4 is 5.78 Å². The molecule has 128 valence electrons. The van der Waals surface area contributed by atoms with E-state index >= 15 is 0 Å². The van der Waals surface area contributed by atoms with Gasteiger partial charge in [-0.05, 0) is 29.8 Å². The van der Waals surface area contributed by atoms with Gasteiger partial charge in [0.2, 0.25) is 5.75 Å². The van der Waals surface area contributed by atoms with Gasteiger partial charge in [-0.3, -0.25) is 4.79 Å². The Labute approximate surface area is 145 Å². The molecule has 0 unspecified atom stereocenters. The Bertz CT molecular complexity index is 806. The fraction of sp³-hybridized carbons (Fsp3) is 0.263. The lowest BCUT2D eigenvalue weighted by molar-refractivity contribution is 0.0977. The van der Waals surface area contributed by atoms with Crippen LogP contribution in [0.1, 0.15) is 21.8 Å².